The first-order valence-electron chi connectivity index (χ1n) is 9.37. The van der Waals surface area contributed by atoms with Crippen LogP contribution in [0, 0.1) is 5.92 Å². The first kappa shape index (κ1) is 17.4. The van der Waals surface area contributed by atoms with Gasteiger partial charge in [-0.15, -0.1) is 5.10 Å². The summed E-state index contributed by atoms with van der Waals surface area (Å²) < 4.78 is 1.77. The number of benzene rings is 2. The average Bonchev–Trinajstić information content (AvgIpc) is 3.15. The second-order valence-electron chi connectivity index (χ2n) is 6.96. The van der Waals surface area contributed by atoms with E-state index in [0.717, 1.165) is 36.0 Å². The van der Waals surface area contributed by atoms with Crippen molar-refractivity contribution in [1.82, 2.24) is 19.9 Å². The summed E-state index contributed by atoms with van der Waals surface area (Å²) in [5, 5.41) is 8.26. The maximum Gasteiger partial charge on any atom is 0.224 e. The Morgan fingerprint density at radius 2 is 1.81 bits per heavy atom. The van der Waals surface area contributed by atoms with Gasteiger partial charge in [-0.2, -0.15) is 0 Å². The van der Waals surface area contributed by atoms with Crippen molar-refractivity contribution in [3.8, 4) is 0 Å². The molecule has 0 radical (unpaired) electrons. The lowest BCUT2D eigenvalue weighted by Gasteiger charge is -2.32. The molecule has 4 rings (SSSR count). The molecule has 0 unspecified atom stereocenters. The second kappa shape index (κ2) is 7.70. The number of hydrogen-bond acceptors (Lipinski definition) is 4. The molecule has 2 heterocycles. The van der Waals surface area contributed by atoms with E-state index < -0.39 is 0 Å². The number of amides is 1. The molecule has 6 heteroatoms. The Bertz CT molecular complexity index is 951. The van der Waals surface area contributed by atoms with E-state index in [0.29, 0.717) is 19.5 Å². The predicted octanol–water partition coefficient (Wildman–Crippen LogP) is 2.94. The van der Waals surface area contributed by atoms with Gasteiger partial charge in [0.05, 0.1) is 12.1 Å². The van der Waals surface area contributed by atoms with Crippen LogP contribution in [0.1, 0.15) is 29.6 Å². The molecule has 1 saturated heterocycles. The molecular weight excluding hydrogens is 340 g/mol. The molecule has 0 N–H and O–H groups in total. The zero-order valence-corrected chi connectivity index (χ0v) is 15.1. The Balaban J connectivity index is 1.38. The number of aromatic nitrogens is 3. The van der Waals surface area contributed by atoms with Crippen LogP contribution < -0.4 is 0 Å². The highest BCUT2D eigenvalue weighted by molar-refractivity contribution is 5.98. The number of para-hydroxylation sites is 1. The SMILES string of the molecule is O=C(c1ccccc1)[C@H]1CCCN(C(=O)CCn2nnc3ccccc32)C1. The molecule has 1 amide bonds. The van der Waals surface area contributed by atoms with Crippen molar-refractivity contribution in [3.05, 3.63) is 60.2 Å². The van der Waals surface area contributed by atoms with E-state index in [1.807, 2.05) is 59.5 Å². The largest absolute Gasteiger partial charge is 0.342 e. The van der Waals surface area contributed by atoms with E-state index in [4.69, 9.17) is 0 Å². The number of rotatable bonds is 5. The van der Waals surface area contributed by atoms with Crippen LogP contribution in [0.25, 0.3) is 11.0 Å². The Hall–Kier alpha value is -3.02. The summed E-state index contributed by atoms with van der Waals surface area (Å²) in [6.07, 6.45) is 2.06. The highest BCUT2D eigenvalue weighted by atomic mass is 16.2. The first-order valence-corrected chi connectivity index (χ1v) is 9.37. The van der Waals surface area contributed by atoms with Gasteiger partial charge in [-0.05, 0) is 25.0 Å². The second-order valence-corrected chi connectivity index (χ2v) is 6.96. The molecular formula is C21H22N4O2. The number of fused-ring (bicyclic) bond motifs is 1. The third-order valence-corrected chi connectivity index (χ3v) is 5.16. The third kappa shape index (κ3) is 3.74. The fraction of sp³-hybridized carbons (Fsp3) is 0.333. The molecule has 27 heavy (non-hydrogen) atoms. The lowest BCUT2D eigenvalue weighted by atomic mass is 9.90. The number of piperidine rings is 1. The summed E-state index contributed by atoms with van der Waals surface area (Å²) in [6, 6.07) is 17.1. The van der Waals surface area contributed by atoms with Crippen molar-refractivity contribution < 1.29 is 9.59 Å². The van der Waals surface area contributed by atoms with E-state index in [2.05, 4.69) is 10.3 Å². The maximum absolute atomic E-state index is 12.7. The summed E-state index contributed by atoms with van der Waals surface area (Å²) in [5.74, 6) is 0.0906. The van der Waals surface area contributed by atoms with Crippen molar-refractivity contribution in [1.29, 1.82) is 0 Å². The smallest absolute Gasteiger partial charge is 0.224 e. The van der Waals surface area contributed by atoms with Crippen molar-refractivity contribution in [2.24, 2.45) is 5.92 Å². The van der Waals surface area contributed by atoms with E-state index in [1.165, 1.54) is 0 Å². The normalized spacial score (nSPS) is 17.2. The Labute approximate surface area is 157 Å². The van der Waals surface area contributed by atoms with Crippen LogP contribution in [-0.2, 0) is 11.3 Å². The molecule has 1 fully saturated rings. The van der Waals surface area contributed by atoms with Crippen LogP contribution in [0.2, 0.25) is 0 Å². The van der Waals surface area contributed by atoms with Gasteiger partial charge in [0.2, 0.25) is 5.91 Å². The standard InChI is InChI=1S/C21H22N4O2/c26-20(12-14-25-19-11-5-4-10-18(19)22-23-25)24-13-6-9-17(15-24)21(27)16-7-2-1-3-8-16/h1-5,7-8,10-11,17H,6,9,12-15H2/t17-/m0/s1. The summed E-state index contributed by atoms with van der Waals surface area (Å²) in [5.41, 5.74) is 2.49. The molecule has 1 atom stereocenters. The number of nitrogens with zero attached hydrogens (tertiary/aromatic N) is 4. The molecule has 138 valence electrons. The van der Waals surface area contributed by atoms with Crippen molar-refractivity contribution in [3.63, 3.8) is 0 Å². The van der Waals surface area contributed by atoms with Crippen LogP contribution in [-0.4, -0.2) is 44.7 Å². The van der Waals surface area contributed by atoms with Crippen molar-refractivity contribution in [2.45, 2.75) is 25.8 Å². The lowest BCUT2D eigenvalue weighted by molar-refractivity contribution is -0.132. The molecule has 3 aromatic rings. The van der Waals surface area contributed by atoms with Gasteiger partial charge >= 0.3 is 0 Å². The third-order valence-electron chi connectivity index (χ3n) is 5.16. The molecule has 0 saturated carbocycles. The van der Waals surface area contributed by atoms with E-state index in [-0.39, 0.29) is 17.6 Å². The predicted molar refractivity (Wildman–Crippen MR) is 102 cm³/mol. The molecule has 1 aliphatic heterocycles. The number of hydrogen-bond donors (Lipinski definition) is 0. The van der Waals surface area contributed by atoms with Crippen LogP contribution >= 0.6 is 0 Å². The lowest BCUT2D eigenvalue weighted by Crippen LogP contribution is -2.42. The molecule has 0 aliphatic carbocycles. The monoisotopic (exact) mass is 362 g/mol. The van der Waals surface area contributed by atoms with Crippen molar-refractivity contribution >= 4 is 22.7 Å². The Morgan fingerprint density at radius 3 is 2.67 bits per heavy atom. The van der Waals surface area contributed by atoms with Gasteiger partial charge in [0.25, 0.3) is 0 Å². The van der Waals surface area contributed by atoms with Crippen LogP contribution in [0.15, 0.2) is 54.6 Å². The molecule has 6 nitrogen and oxygen atoms in total. The average molecular weight is 362 g/mol. The fourth-order valence-electron chi connectivity index (χ4n) is 3.70. The summed E-state index contributed by atoms with van der Waals surface area (Å²) in [7, 11) is 0. The topological polar surface area (TPSA) is 68.1 Å². The summed E-state index contributed by atoms with van der Waals surface area (Å²) >= 11 is 0. The van der Waals surface area contributed by atoms with Gasteiger partial charge in [0.1, 0.15) is 5.52 Å². The summed E-state index contributed by atoms with van der Waals surface area (Å²) in [4.78, 5) is 27.2. The van der Waals surface area contributed by atoms with Gasteiger partial charge in [-0.1, -0.05) is 47.7 Å². The Morgan fingerprint density at radius 1 is 1.04 bits per heavy atom. The first-order chi connectivity index (χ1) is 13.2. The minimum Gasteiger partial charge on any atom is -0.342 e. The number of carbonyl (C=O) groups is 2. The highest BCUT2D eigenvalue weighted by Gasteiger charge is 2.28. The van der Waals surface area contributed by atoms with Crippen molar-refractivity contribution in [2.75, 3.05) is 13.1 Å². The van der Waals surface area contributed by atoms with Gasteiger partial charge in [-0.25, -0.2) is 4.68 Å². The molecule has 1 aromatic heterocycles. The maximum atomic E-state index is 12.7. The molecule has 2 aromatic carbocycles. The summed E-state index contributed by atoms with van der Waals surface area (Å²) in [6.45, 7) is 1.72. The van der Waals surface area contributed by atoms with E-state index in [9.17, 15) is 9.59 Å². The quantitative estimate of drug-likeness (QED) is 0.655. The van der Waals surface area contributed by atoms with Gasteiger partial charge in [0.15, 0.2) is 5.78 Å². The van der Waals surface area contributed by atoms with Gasteiger partial charge < -0.3 is 4.90 Å². The zero-order chi connectivity index (χ0) is 18.6. The van der Waals surface area contributed by atoms with Crippen LogP contribution in [0.3, 0.4) is 0 Å². The highest BCUT2D eigenvalue weighted by Crippen LogP contribution is 2.22. The molecule has 0 bridgehead atoms. The number of aryl methyl sites for hydroxylation is 1. The fourth-order valence-corrected chi connectivity index (χ4v) is 3.70. The van der Waals surface area contributed by atoms with Gasteiger partial charge in [-0.3, -0.25) is 9.59 Å². The molecule has 0 spiro atoms. The van der Waals surface area contributed by atoms with Gasteiger partial charge in [0, 0.05) is 31.0 Å². The minimum atomic E-state index is -0.114. The van der Waals surface area contributed by atoms with Crippen LogP contribution in [0.4, 0.5) is 0 Å². The zero-order valence-electron chi connectivity index (χ0n) is 15.1. The molecule has 1 aliphatic rings. The van der Waals surface area contributed by atoms with E-state index >= 15 is 0 Å². The number of Topliss-reactive ketones (excluding diaryl/α,β-unsaturated/α-hetero) is 1. The van der Waals surface area contributed by atoms with E-state index in [1.54, 1.807) is 4.68 Å². The number of ketones is 1. The number of likely N-dealkylation sites (tertiary alicyclic amines) is 1. The number of carbonyl (C=O) groups excluding carboxylic acids is 2. The van der Waals surface area contributed by atoms with Crippen LogP contribution in [0.5, 0.6) is 0 Å². The minimum absolute atomic E-state index is 0.0696. The Kier molecular flexibility index (Phi) is 4.96.